The Morgan fingerprint density at radius 3 is 1.96 bits per heavy atom. The fourth-order valence-electron chi connectivity index (χ4n) is 4.20. The Morgan fingerprint density at radius 1 is 0.739 bits per heavy atom. The van der Waals surface area contributed by atoms with Crippen LogP contribution in [-0.2, 0) is 11.8 Å². The Kier molecular flexibility index (Phi) is 3.53. The molecule has 0 aromatic heterocycles. The Bertz CT molecular complexity index is 760. The molecule has 0 aliphatic heterocycles. The van der Waals surface area contributed by atoms with Crippen molar-refractivity contribution in [1.82, 2.24) is 0 Å². The molecule has 23 heavy (non-hydrogen) atoms. The quantitative estimate of drug-likeness (QED) is 0.572. The molecular formula is C23H22. The molecule has 3 aromatic carbocycles. The van der Waals surface area contributed by atoms with Crippen LogP contribution in [0.15, 0.2) is 78.9 Å². The van der Waals surface area contributed by atoms with Crippen LogP contribution in [0.4, 0.5) is 0 Å². The minimum atomic E-state index is -0.0118. The van der Waals surface area contributed by atoms with E-state index < -0.39 is 0 Å². The van der Waals surface area contributed by atoms with E-state index in [2.05, 4.69) is 85.8 Å². The van der Waals surface area contributed by atoms with Gasteiger partial charge in [-0.1, -0.05) is 84.4 Å². The van der Waals surface area contributed by atoms with Crippen LogP contribution in [0.3, 0.4) is 0 Å². The first-order chi connectivity index (χ1) is 11.3. The summed E-state index contributed by atoms with van der Waals surface area (Å²) >= 11 is 0. The highest BCUT2D eigenvalue weighted by atomic mass is 14.4. The largest absolute Gasteiger partial charge is 0.0622 e. The first-order valence-electron chi connectivity index (χ1n) is 8.52. The number of aryl methyl sites for hydroxylation is 2. The molecule has 114 valence electrons. The van der Waals surface area contributed by atoms with E-state index in [1.807, 2.05) is 0 Å². The Balaban J connectivity index is 2.05. The van der Waals surface area contributed by atoms with Gasteiger partial charge in [0.2, 0.25) is 0 Å². The third-order valence-corrected chi connectivity index (χ3v) is 5.26. The minimum absolute atomic E-state index is 0.0118. The van der Waals surface area contributed by atoms with Crippen LogP contribution in [-0.4, -0.2) is 0 Å². The van der Waals surface area contributed by atoms with E-state index in [-0.39, 0.29) is 5.41 Å². The highest BCUT2D eigenvalue weighted by molar-refractivity contribution is 5.55. The van der Waals surface area contributed by atoms with Crippen LogP contribution >= 0.6 is 0 Å². The van der Waals surface area contributed by atoms with Crippen molar-refractivity contribution in [2.75, 3.05) is 0 Å². The van der Waals surface area contributed by atoms with Crippen molar-refractivity contribution in [3.05, 3.63) is 107 Å². The summed E-state index contributed by atoms with van der Waals surface area (Å²) in [6, 6.07) is 29.1. The van der Waals surface area contributed by atoms with Crippen molar-refractivity contribution in [3.8, 4) is 0 Å². The zero-order valence-corrected chi connectivity index (χ0v) is 13.6. The second kappa shape index (κ2) is 5.70. The molecule has 1 aliphatic carbocycles. The van der Waals surface area contributed by atoms with Gasteiger partial charge in [-0.15, -0.1) is 0 Å². The summed E-state index contributed by atoms with van der Waals surface area (Å²) in [6.07, 6.45) is 3.61. The summed E-state index contributed by atoms with van der Waals surface area (Å²) in [6.45, 7) is 2.20. The molecule has 3 aromatic rings. The molecule has 0 saturated carbocycles. The summed E-state index contributed by atoms with van der Waals surface area (Å²) in [5, 5.41) is 0. The first-order valence-corrected chi connectivity index (χ1v) is 8.52. The second-order valence-electron chi connectivity index (χ2n) is 6.65. The molecule has 0 bridgehead atoms. The molecule has 0 atom stereocenters. The predicted octanol–water partition coefficient (Wildman–Crippen LogP) is 5.67. The van der Waals surface area contributed by atoms with Gasteiger partial charge in [0.15, 0.2) is 0 Å². The first kappa shape index (κ1) is 14.3. The van der Waals surface area contributed by atoms with Gasteiger partial charge >= 0.3 is 0 Å². The normalized spacial score (nSPS) is 15.9. The highest BCUT2D eigenvalue weighted by Crippen LogP contribution is 2.47. The minimum Gasteiger partial charge on any atom is -0.0622 e. The van der Waals surface area contributed by atoms with E-state index >= 15 is 0 Å². The van der Waals surface area contributed by atoms with Crippen molar-refractivity contribution in [2.24, 2.45) is 0 Å². The maximum Gasteiger partial charge on any atom is 0.0454 e. The fourth-order valence-corrected chi connectivity index (χ4v) is 4.20. The Hall–Kier alpha value is -2.34. The molecule has 0 heteroatoms. The van der Waals surface area contributed by atoms with E-state index in [0.717, 1.165) is 0 Å². The molecule has 0 nitrogen and oxygen atoms in total. The van der Waals surface area contributed by atoms with Gasteiger partial charge < -0.3 is 0 Å². The summed E-state index contributed by atoms with van der Waals surface area (Å²) in [7, 11) is 0. The summed E-state index contributed by atoms with van der Waals surface area (Å²) < 4.78 is 0. The molecule has 0 amide bonds. The summed E-state index contributed by atoms with van der Waals surface area (Å²) in [5.74, 6) is 0. The molecule has 0 radical (unpaired) electrons. The lowest BCUT2D eigenvalue weighted by molar-refractivity contribution is 0.497. The Morgan fingerprint density at radius 2 is 1.35 bits per heavy atom. The second-order valence-corrected chi connectivity index (χ2v) is 6.65. The number of hydrogen-bond donors (Lipinski definition) is 0. The number of benzene rings is 3. The molecule has 0 heterocycles. The van der Waals surface area contributed by atoms with Crippen molar-refractivity contribution in [2.45, 2.75) is 31.6 Å². The van der Waals surface area contributed by atoms with Crippen molar-refractivity contribution < 1.29 is 0 Å². The molecule has 0 fully saturated rings. The monoisotopic (exact) mass is 298 g/mol. The average molecular weight is 298 g/mol. The van der Waals surface area contributed by atoms with Crippen LogP contribution in [0.25, 0.3) is 0 Å². The lowest BCUT2D eigenvalue weighted by Crippen LogP contribution is -2.33. The van der Waals surface area contributed by atoms with Gasteiger partial charge in [-0.3, -0.25) is 0 Å². The van der Waals surface area contributed by atoms with E-state index in [1.54, 1.807) is 0 Å². The van der Waals surface area contributed by atoms with Crippen LogP contribution in [0.1, 0.15) is 40.7 Å². The number of rotatable bonds is 2. The van der Waals surface area contributed by atoms with Crippen LogP contribution in [0.5, 0.6) is 0 Å². The molecular weight excluding hydrogens is 276 g/mol. The highest BCUT2D eigenvalue weighted by Gasteiger charge is 2.39. The van der Waals surface area contributed by atoms with Crippen molar-refractivity contribution >= 4 is 0 Å². The lowest BCUT2D eigenvalue weighted by Gasteiger charge is -2.41. The van der Waals surface area contributed by atoms with Gasteiger partial charge in [-0.2, -0.15) is 0 Å². The summed E-state index contributed by atoms with van der Waals surface area (Å²) in [4.78, 5) is 0. The standard InChI is InChI=1S/C23H22/c1-18-14-15-19-9-8-16-23(22(19)17-18,20-10-4-2-5-11-20)21-12-6-3-7-13-21/h2-7,10-15,17H,8-9,16H2,1H3. The molecule has 4 rings (SSSR count). The molecule has 0 spiro atoms. The number of hydrogen-bond acceptors (Lipinski definition) is 0. The smallest absolute Gasteiger partial charge is 0.0454 e. The van der Waals surface area contributed by atoms with Crippen LogP contribution in [0, 0.1) is 6.92 Å². The zero-order valence-electron chi connectivity index (χ0n) is 13.6. The molecule has 0 unspecified atom stereocenters. The van der Waals surface area contributed by atoms with Gasteiger partial charge in [0.25, 0.3) is 0 Å². The maximum absolute atomic E-state index is 2.41. The lowest BCUT2D eigenvalue weighted by atomic mass is 9.62. The third kappa shape index (κ3) is 2.30. The fraction of sp³-hybridized carbons (Fsp3) is 0.217. The van der Waals surface area contributed by atoms with Gasteiger partial charge in [-0.25, -0.2) is 0 Å². The molecule has 0 N–H and O–H groups in total. The maximum atomic E-state index is 2.41. The number of fused-ring (bicyclic) bond motifs is 1. The zero-order chi connectivity index (χ0) is 15.7. The average Bonchev–Trinajstić information content (AvgIpc) is 2.62. The third-order valence-electron chi connectivity index (χ3n) is 5.26. The van der Waals surface area contributed by atoms with E-state index in [4.69, 9.17) is 0 Å². The van der Waals surface area contributed by atoms with Crippen molar-refractivity contribution in [1.29, 1.82) is 0 Å². The SMILES string of the molecule is Cc1ccc2c(c1)C(c1ccccc1)(c1ccccc1)CCC2. The van der Waals surface area contributed by atoms with E-state index in [9.17, 15) is 0 Å². The Labute approximate surface area is 138 Å². The van der Waals surface area contributed by atoms with Gasteiger partial charge in [-0.05, 0) is 48.4 Å². The van der Waals surface area contributed by atoms with E-state index in [0.29, 0.717) is 0 Å². The van der Waals surface area contributed by atoms with Crippen LogP contribution < -0.4 is 0 Å². The topological polar surface area (TPSA) is 0 Å². The van der Waals surface area contributed by atoms with Gasteiger partial charge in [0.1, 0.15) is 0 Å². The molecule has 1 aliphatic rings. The summed E-state index contributed by atoms with van der Waals surface area (Å²) in [5.41, 5.74) is 7.18. The van der Waals surface area contributed by atoms with Gasteiger partial charge in [0, 0.05) is 5.41 Å². The van der Waals surface area contributed by atoms with Crippen LogP contribution in [0.2, 0.25) is 0 Å². The van der Waals surface area contributed by atoms with E-state index in [1.165, 1.54) is 47.1 Å². The van der Waals surface area contributed by atoms with Crippen molar-refractivity contribution in [3.63, 3.8) is 0 Å². The van der Waals surface area contributed by atoms with Gasteiger partial charge in [0.05, 0.1) is 0 Å². The molecule has 0 saturated heterocycles. The predicted molar refractivity (Wildman–Crippen MR) is 96.9 cm³/mol.